The predicted octanol–water partition coefficient (Wildman–Crippen LogP) is 3.53. The SMILES string of the molecule is CC(C)C(=O)Oc1ccc(C(C(C)COC(=O)C(C)(C)C)[C@H](N)C(=O)O)cc1OC(=O)C(C)C. The van der Waals surface area contributed by atoms with E-state index in [0.717, 1.165) is 0 Å². The van der Waals surface area contributed by atoms with Gasteiger partial charge in [0.15, 0.2) is 11.5 Å². The van der Waals surface area contributed by atoms with Gasteiger partial charge < -0.3 is 25.1 Å². The Morgan fingerprint density at radius 3 is 1.85 bits per heavy atom. The van der Waals surface area contributed by atoms with Crippen LogP contribution in [0.15, 0.2) is 18.2 Å². The largest absolute Gasteiger partial charge is 0.480 e. The highest BCUT2D eigenvalue weighted by molar-refractivity contribution is 5.79. The van der Waals surface area contributed by atoms with Crippen molar-refractivity contribution in [2.75, 3.05) is 6.61 Å². The van der Waals surface area contributed by atoms with E-state index in [2.05, 4.69) is 0 Å². The Bertz CT molecular complexity index is 901. The van der Waals surface area contributed by atoms with E-state index in [4.69, 9.17) is 19.9 Å². The molecule has 1 aromatic carbocycles. The summed E-state index contributed by atoms with van der Waals surface area (Å²) in [5.41, 5.74) is 5.73. The predicted molar refractivity (Wildman–Crippen MR) is 125 cm³/mol. The highest BCUT2D eigenvalue weighted by Gasteiger charge is 2.34. The first kappa shape index (κ1) is 29.1. The number of carbonyl (C=O) groups is 4. The van der Waals surface area contributed by atoms with Crippen molar-refractivity contribution < 1.29 is 38.5 Å². The minimum Gasteiger partial charge on any atom is -0.480 e. The number of hydrogen-bond donors (Lipinski definition) is 2. The molecule has 0 aromatic heterocycles. The number of carbonyl (C=O) groups excluding carboxylic acids is 3. The second kappa shape index (κ2) is 12.0. The van der Waals surface area contributed by atoms with E-state index in [-0.39, 0.29) is 18.1 Å². The second-order valence-electron chi connectivity index (χ2n) is 10.1. The Balaban J connectivity index is 3.41. The van der Waals surface area contributed by atoms with Crippen LogP contribution in [0.3, 0.4) is 0 Å². The molecule has 0 radical (unpaired) electrons. The molecular formula is C25H37NO8. The van der Waals surface area contributed by atoms with Crippen LogP contribution < -0.4 is 15.2 Å². The van der Waals surface area contributed by atoms with Crippen LogP contribution in [0.5, 0.6) is 11.5 Å². The fourth-order valence-electron chi connectivity index (χ4n) is 2.92. The third kappa shape index (κ3) is 8.13. The zero-order chi connectivity index (χ0) is 26.4. The Labute approximate surface area is 200 Å². The zero-order valence-corrected chi connectivity index (χ0v) is 21.2. The van der Waals surface area contributed by atoms with Gasteiger partial charge in [0.2, 0.25) is 0 Å². The molecular weight excluding hydrogens is 442 g/mol. The molecule has 0 fully saturated rings. The number of aliphatic carboxylic acids is 1. The summed E-state index contributed by atoms with van der Waals surface area (Å²) >= 11 is 0. The van der Waals surface area contributed by atoms with Crippen molar-refractivity contribution in [1.29, 1.82) is 0 Å². The fourth-order valence-corrected chi connectivity index (χ4v) is 2.92. The summed E-state index contributed by atoms with van der Waals surface area (Å²) in [7, 11) is 0. The Morgan fingerprint density at radius 2 is 1.41 bits per heavy atom. The minimum atomic E-state index is -1.33. The molecule has 0 aliphatic heterocycles. The number of nitrogens with two attached hydrogens (primary N) is 1. The maximum absolute atomic E-state index is 12.3. The molecule has 0 heterocycles. The summed E-state index contributed by atoms with van der Waals surface area (Å²) in [4.78, 5) is 48.4. The standard InChI is InChI=1S/C25H37NO8/c1-13(2)22(29)33-17-10-9-16(11-18(17)34-23(30)14(3)4)19(20(26)21(27)28)15(5)12-32-24(31)25(6,7)8/h9-11,13-15,19-20H,12,26H2,1-8H3,(H,27,28)/t15?,19?,20-/m0/s1. The van der Waals surface area contributed by atoms with Gasteiger partial charge in [0.25, 0.3) is 0 Å². The molecule has 0 aliphatic rings. The zero-order valence-electron chi connectivity index (χ0n) is 21.2. The lowest BCUT2D eigenvalue weighted by molar-refractivity contribution is -0.154. The quantitative estimate of drug-likeness (QED) is 0.380. The van der Waals surface area contributed by atoms with E-state index in [1.165, 1.54) is 12.1 Å². The van der Waals surface area contributed by atoms with Gasteiger partial charge in [-0.2, -0.15) is 0 Å². The van der Waals surface area contributed by atoms with Crippen LogP contribution in [0, 0.1) is 23.2 Å². The van der Waals surface area contributed by atoms with E-state index in [1.54, 1.807) is 61.5 Å². The molecule has 3 atom stereocenters. The van der Waals surface area contributed by atoms with Crippen LogP contribution in [-0.2, 0) is 23.9 Å². The van der Waals surface area contributed by atoms with Crippen LogP contribution in [-0.4, -0.2) is 41.6 Å². The molecule has 2 unspecified atom stereocenters. The van der Waals surface area contributed by atoms with E-state index in [1.807, 2.05) is 0 Å². The summed E-state index contributed by atoms with van der Waals surface area (Å²) in [6.07, 6.45) is 0. The van der Waals surface area contributed by atoms with E-state index in [0.29, 0.717) is 5.56 Å². The third-order valence-corrected chi connectivity index (χ3v) is 5.09. The molecule has 0 saturated carbocycles. The molecule has 0 aliphatic carbocycles. The Hall–Kier alpha value is -2.94. The summed E-state index contributed by atoms with van der Waals surface area (Å²) in [5, 5.41) is 9.60. The fraction of sp³-hybridized carbons (Fsp3) is 0.600. The number of rotatable bonds is 10. The summed E-state index contributed by atoms with van der Waals surface area (Å²) < 4.78 is 16.2. The van der Waals surface area contributed by atoms with Crippen LogP contribution in [0.4, 0.5) is 0 Å². The van der Waals surface area contributed by atoms with E-state index < -0.39 is 59.0 Å². The number of carboxylic acid groups (broad SMARTS) is 1. The van der Waals surface area contributed by atoms with Gasteiger partial charge in [-0.3, -0.25) is 19.2 Å². The number of hydrogen-bond acceptors (Lipinski definition) is 8. The Morgan fingerprint density at radius 1 is 0.912 bits per heavy atom. The topological polar surface area (TPSA) is 142 Å². The molecule has 0 spiro atoms. The first-order valence-corrected chi connectivity index (χ1v) is 11.3. The van der Waals surface area contributed by atoms with Gasteiger partial charge in [0.1, 0.15) is 6.04 Å². The highest BCUT2D eigenvalue weighted by Crippen LogP contribution is 2.36. The summed E-state index contributed by atoms with van der Waals surface area (Å²) in [6, 6.07) is 3.11. The van der Waals surface area contributed by atoms with Gasteiger partial charge in [0.05, 0.1) is 23.9 Å². The van der Waals surface area contributed by atoms with Crippen molar-refractivity contribution in [1.82, 2.24) is 0 Å². The van der Waals surface area contributed by atoms with Crippen molar-refractivity contribution in [3.8, 4) is 11.5 Å². The van der Waals surface area contributed by atoms with Gasteiger partial charge in [-0.1, -0.05) is 40.7 Å². The van der Waals surface area contributed by atoms with Crippen LogP contribution in [0.1, 0.15) is 66.9 Å². The van der Waals surface area contributed by atoms with Crippen LogP contribution in [0.25, 0.3) is 0 Å². The smallest absolute Gasteiger partial charge is 0.321 e. The Kier molecular flexibility index (Phi) is 10.2. The average molecular weight is 480 g/mol. The highest BCUT2D eigenvalue weighted by atomic mass is 16.6. The maximum Gasteiger partial charge on any atom is 0.321 e. The van der Waals surface area contributed by atoms with Crippen molar-refractivity contribution in [2.45, 2.75) is 67.3 Å². The normalized spacial score (nSPS) is 14.3. The van der Waals surface area contributed by atoms with Gasteiger partial charge in [-0.15, -0.1) is 0 Å². The van der Waals surface area contributed by atoms with Gasteiger partial charge in [-0.05, 0) is 44.4 Å². The van der Waals surface area contributed by atoms with Crippen molar-refractivity contribution >= 4 is 23.9 Å². The monoisotopic (exact) mass is 479 g/mol. The molecule has 190 valence electrons. The first-order chi connectivity index (χ1) is 15.6. The number of ether oxygens (including phenoxy) is 3. The van der Waals surface area contributed by atoms with E-state index in [9.17, 15) is 24.3 Å². The molecule has 0 saturated heterocycles. The molecule has 1 aromatic rings. The van der Waals surface area contributed by atoms with E-state index >= 15 is 0 Å². The van der Waals surface area contributed by atoms with Crippen molar-refractivity contribution in [3.05, 3.63) is 23.8 Å². The molecule has 9 heteroatoms. The van der Waals surface area contributed by atoms with Crippen LogP contribution >= 0.6 is 0 Å². The van der Waals surface area contributed by atoms with Crippen LogP contribution in [0.2, 0.25) is 0 Å². The number of benzene rings is 1. The van der Waals surface area contributed by atoms with Crippen molar-refractivity contribution in [2.24, 2.45) is 28.9 Å². The molecule has 0 bridgehead atoms. The molecule has 3 N–H and O–H groups in total. The summed E-state index contributed by atoms with van der Waals surface area (Å²) in [6.45, 7) is 13.4. The van der Waals surface area contributed by atoms with Crippen molar-refractivity contribution in [3.63, 3.8) is 0 Å². The third-order valence-electron chi connectivity index (χ3n) is 5.09. The molecule has 9 nitrogen and oxygen atoms in total. The first-order valence-electron chi connectivity index (χ1n) is 11.3. The minimum absolute atomic E-state index is 0.0216. The van der Waals surface area contributed by atoms with Gasteiger partial charge >= 0.3 is 23.9 Å². The van der Waals surface area contributed by atoms with Gasteiger partial charge in [0, 0.05) is 5.92 Å². The second-order valence-corrected chi connectivity index (χ2v) is 10.1. The lowest BCUT2D eigenvalue weighted by atomic mass is 9.82. The number of carboxylic acids is 1. The molecule has 34 heavy (non-hydrogen) atoms. The molecule has 1 rings (SSSR count). The molecule has 0 amide bonds. The summed E-state index contributed by atoms with van der Waals surface area (Å²) in [5.74, 6) is -4.88. The maximum atomic E-state index is 12.3. The number of esters is 3. The lowest BCUT2D eigenvalue weighted by Crippen LogP contribution is -2.41. The lowest BCUT2D eigenvalue weighted by Gasteiger charge is -2.29. The average Bonchev–Trinajstić information content (AvgIpc) is 2.72. The van der Waals surface area contributed by atoms with Gasteiger partial charge in [-0.25, -0.2) is 0 Å².